The molecule has 0 spiro atoms. The topological polar surface area (TPSA) is 26.3 Å². The number of hydrogen-bond acceptors (Lipinski definition) is 2. The van der Waals surface area contributed by atoms with Crippen molar-refractivity contribution in [3.05, 3.63) is 40.6 Å². The van der Waals surface area contributed by atoms with Crippen LogP contribution in [0.1, 0.15) is 5.56 Å². The fourth-order valence-corrected chi connectivity index (χ4v) is 0.988. The summed E-state index contributed by atoms with van der Waals surface area (Å²) >= 11 is 3.32. The van der Waals surface area contributed by atoms with Crippen molar-refractivity contribution in [2.75, 3.05) is 0 Å². The monoisotopic (exact) mass is 226 g/mol. The maximum absolute atomic E-state index is 9.77. The molecule has 1 rings (SSSR count). The minimum atomic E-state index is 0.384. The molecule has 0 amide bonds. The van der Waals surface area contributed by atoms with Crippen LogP contribution in [0.2, 0.25) is 0 Å². The van der Waals surface area contributed by atoms with E-state index in [1.807, 2.05) is 24.3 Å². The molecule has 0 aliphatic heterocycles. The number of halogens is 1. The first-order valence-electron chi connectivity index (χ1n) is 3.34. The fraction of sp³-hybridized carbons (Fsp3) is 0. The summed E-state index contributed by atoms with van der Waals surface area (Å²) in [5.74, 6) is 0. The molecule has 2 nitrogen and oxygen atoms in total. The van der Waals surface area contributed by atoms with Gasteiger partial charge < -0.3 is 4.74 Å². The van der Waals surface area contributed by atoms with Crippen molar-refractivity contribution in [2.24, 2.45) is 0 Å². The van der Waals surface area contributed by atoms with Crippen LogP contribution in [0.25, 0.3) is 6.08 Å². The molecule has 3 heteroatoms. The van der Waals surface area contributed by atoms with Crippen LogP contribution in [0.15, 0.2) is 35.0 Å². The maximum atomic E-state index is 9.77. The molecule has 0 saturated carbocycles. The summed E-state index contributed by atoms with van der Waals surface area (Å²) in [6, 6.07) is 7.66. The lowest BCUT2D eigenvalue weighted by Gasteiger charge is -1.92. The van der Waals surface area contributed by atoms with Crippen molar-refractivity contribution < 1.29 is 9.53 Å². The van der Waals surface area contributed by atoms with E-state index in [9.17, 15) is 4.79 Å². The van der Waals surface area contributed by atoms with Gasteiger partial charge in [0.05, 0.1) is 6.26 Å². The predicted molar refractivity (Wildman–Crippen MR) is 50.3 cm³/mol. The molecule has 0 saturated heterocycles. The van der Waals surface area contributed by atoms with Crippen molar-refractivity contribution in [3.63, 3.8) is 0 Å². The van der Waals surface area contributed by atoms with Crippen LogP contribution >= 0.6 is 15.9 Å². The van der Waals surface area contributed by atoms with E-state index in [1.54, 1.807) is 6.08 Å². The summed E-state index contributed by atoms with van der Waals surface area (Å²) in [5.41, 5.74) is 0.986. The van der Waals surface area contributed by atoms with E-state index >= 15 is 0 Å². The van der Waals surface area contributed by atoms with E-state index in [0.717, 1.165) is 10.0 Å². The summed E-state index contributed by atoms with van der Waals surface area (Å²) in [5, 5.41) is 0. The molecule has 1 aromatic rings. The van der Waals surface area contributed by atoms with Gasteiger partial charge >= 0.3 is 0 Å². The summed E-state index contributed by atoms with van der Waals surface area (Å²) in [4.78, 5) is 9.77. The number of benzene rings is 1. The lowest BCUT2D eigenvalue weighted by molar-refractivity contribution is -0.123. The lowest BCUT2D eigenvalue weighted by atomic mass is 10.2. The molecule has 0 aliphatic carbocycles. The molecule has 1 aromatic carbocycles. The van der Waals surface area contributed by atoms with Crippen molar-refractivity contribution in [1.82, 2.24) is 0 Å². The highest BCUT2D eigenvalue weighted by Gasteiger charge is 1.86. The van der Waals surface area contributed by atoms with Crippen LogP contribution in [-0.2, 0) is 9.53 Å². The Bertz CT molecular complexity index is 277. The third-order valence-corrected chi connectivity index (χ3v) is 1.79. The van der Waals surface area contributed by atoms with Gasteiger partial charge in [0.15, 0.2) is 0 Å². The Labute approximate surface area is 79.0 Å². The minimum Gasteiger partial charge on any atom is -0.437 e. The maximum Gasteiger partial charge on any atom is 0.297 e. The van der Waals surface area contributed by atoms with Crippen LogP contribution in [0, 0.1) is 0 Å². The number of hydrogen-bond donors (Lipinski definition) is 0. The molecule has 0 atom stereocenters. The number of ether oxygens (including phenoxy) is 1. The quantitative estimate of drug-likeness (QED) is 0.586. The molecule has 0 bridgehead atoms. The van der Waals surface area contributed by atoms with E-state index in [0.29, 0.717) is 6.47 Å². The average Bonchev–Trinajstić information content (AvgIpc) is 2.09. The Kier molecular flexibility index (Phi) is 3.54. The summed E-state index contributed by atoms with van der Waals surface area (Å²) < 4.78 is 5.42. The second-order valence-electron chi connectivity index (χ2n) is 2.09. The molecular weight excluding hydrogens is 220 g/mol. The molecule has 0 N–H and O–H groups in total. The second kappa shape index (κ2) is 4.72. The largest absolute Gasteiger partial charge is 0.437 e. The Morgan fingerprint density at radius 3 is 2.50 bits per heavy atom. The van der Waals surface area contributed by atoms with Crippen molar-refractivity contribution in [3.8, 4) is 0 Å². The number of rotatable bonds is 3. The van der Waals surface area contributed by atoms with Gasteiger partial charge in [-0.2, -0.15) is 0 Å². The first-order chi connectivity index (χ1) is 5.83. The zero-order chi connectivity index (χ0) is 8.81. The number of carbonyl (C=O) groups is 1. The van der Waals surface area contributed by atoms with Gasteiger partial charge in [0.2, 0.25) is 0 Å². The highest BCUT2D eigenvalue weighted by Crippen LogP contribution is 2.11. The minimum absolute atomic E-state index is 0.384. The van der Waals surface area contributed by atoms with Gasteiger partial charge in [-0.25, -0.2) is 0 Å². The zero-order valence-corrected chi connectivity index (χ0v) is 7.82. The zero-order valence-electron chi connectivity index (χ0n) is 6.24. The second-order valence-corrected chi connectivity index (χ2v) is 3.00. The SMILES string of the molecule is O=CO/C=C/c1ccc(Br)cc1. The summed E-state index contributed by atoms with van der Waals surface area (Å²) in [6.45, 7) is 0.384. The standard InChI is InChI=1S/C9H7BrO2/c10-9-3-1-8(2-4-9)5-6-12-7-11/h1-7H/b6-5+. The van der Waals surface area contributed by atoms with Crippen LogP contribution in [-0.4, -0.2) is 6.47 Å². The van der Waals surface area contributed by atoms with E-state index in [-0.39, 0.29) is 0 Å². The van der Waals surface area contributed by atoms with Gasteiger partial charge in [0, 0.05) is 4.47 Å². The molecule has 12 heavy (non-hydrogen) atoms. The molecule has 0 aromatic heterocycles. The smallest absolute Gasteiger partial charge is 0.297 e. The third kappa shape index (κ3) is 2.88. The van der Waals surface area contributed by atoms with E-state index in [1.165, 1.54) is 6.26 Å². The molecule has 0 aliphatic rings. The van der Waals surface area contributed by atoms with E-state index in [2.05, 4.69) is 20.7 Å². The summed E-state index contributed by atoms with van der Waals surface area (Å²) in [7, 11) is 0. The normalized spacial score (nSPS) is 10.1. The van der Waals surface area contributed by atoms with E-state index < -0.39 is 0 Å². The van der Waals surface area contributed by atoms with Crippen LogP contribution in [0.5, 0.6) is 0 Å². The Hall–Kier alpha value is -1.09. The highest BCUT2D eigenvalue weighted by molar-refractivity contribution is 9.10. The van der Waals surface area contributed by atoms with Crippen LogP contribution < -0.4 is 0 Å². The molecular formula is C9H7BrO2. The Morgan fingerprint density at radius 1 is 1.25 bits per heavy atom. The fourth-order valence-electron chi connectivity index (χ4n) is 0.724. The molecule has 0 heterocycles. The third-order valence-electron chi connectivity index (χ3n) is 1.26. The van der Waals surface area contributed by atoms with Crippen molar-refractivity contribution in [1.29, 1.82) is 0 Å². The van der Waals surface area contributed by atoms with Crippen LogP contribution in [0.3, 0.4) is 0 Å². The van der Waals surface area contributed by atoms with Gasteiger partial charge in [0.1, 0.15) is 0 Å². The van der Waals surface area contributed by atoms with Gasteiger partial charge in [-0.05, 0) is 23.8 Å². The molecule has 0 fully saturated rings. The molecule has 0 unspecified atom stereocenters. The highest BCUT2D eigenvalue weighted by atomic mass is 79.9. The summed E-state index contributed by atoms with van der Waals surface area (Å²) in [6.07, 6.45) is 3.05. The first kappa shape index (κ1) is 9.00. The van der Waals surface area contributed by atoms with Crippen molar-refractivity contribution in [2.45, 2.75) is 0 Å². The van der Waals surface area contributed by atoms with Gasteiger partial charge in [0.25, 0.3) is 6.47 Å². The molecule has 0 radical (unpaired) electrons. The number of carbonyl (C=O) groups excluding carboxylic acids is 1. The van der Waals surface area contributed by atoms with Crippen molar-refractivity contribution >= 4 is 28.5 Å². The van der Waals surface area contributed by atoms with Gasteiger partial charge in [-0.15, -0.1) is 0 Å². The average molecular weight is 227 g/mol. The van der Waals surface area contributed by atoms with Gasteiger partial charge in [-0.1, -0.05) is 28.1 Å². The Balaban J connectivity index is 2.64. The molecule has 62 valence electrons. The van der Waals surface area contributed by atoms with E-state index in [4.69, 9.17) is 0 Å². The van der Waals surface area contributed by atoms with Crippen LogP contribution in [0.4, 0.5) is 0 Å². The first-order valence-corrected chi connectivity index (χ1v) is 4.13. The predicted octanol–water partition coefficient (Wildman–Crippen LogP) is 2.59. The van der Waals surface area contributed by atoms with Gasteiger partial charge in [-0.3, -0.25) is 4.79 Å². The lowest BCUT2D eigenvalue weighted by Crippen LogP contribution is -1.74. The Morgan fingerprint density at radius 2 is 1.92 bits per heavy atom.